The molecule has 0 bridgehead atoms. The summed E-state index contributed by atoms with van der Waals surface area (Å²) in [7, 11) is 1.28. The highest BCUT2D eigenvalue weighted by atomic mass is 19.1. The molecule has 0 heterocycles. The Morgan fingerprint density at radius 2 is 1.95 bits per heavy atom. The summed E-state index contributed by atoms with van der Waals surface area (Å²) in [4.78, 5) is 11.5. The Bertz CT molecular complexity index is 656. The molecule has 0 aliphatic rings. The van der Waals surface area contributed by atoms with E-state index in [1.165, 1.54) is 25.3 Å². The highest BCUT2D eigenvalue weighted by Gasteiger charge is 2.14. The number of hydrogen-bond donors (Lipinski definition) is 1. The van der Waals surface area contributed by atoms with Crippen LogP contribution in [0.25, 0.3) is 0 Å². The molecule has 0 aliphatic carbocycles. The molecule has 0 spiro atoms. The van der Waals surface area contributed by atoms with E-state index >= 15 is 0 Å². The zero-order valence-corrected chi connectivity index (χ0v) is 11.1. The fourth-order valence-corrected chi connectivity index (χ4v) is 1.77. The number of benzene rings is 2. The number of nitrogen functional groups attached to an aromatic ring is 1. The maximum Gasteiger partial charge on any atom is 0.340 e. The second kappa shape index (κ2) is 5.61. The van der Waals surface area contributed by atoms with Gasteiger partial charge in [-0.15, -0.1) is 0 Å². The molecule has 0 aromatic heterocycles. The molecule has 4 nitrogen and oxygen atoms in total. The van der Waals surface area contributed by atoms with Crippen molar-refractivity contribution in [3.05, 3.63) is 53.3 Å². The molecule has 2 aromatic carbocycles. The second-order valence-corrected chi connectivity index (χ2v) is 4.22. The lowest BCUT2D eigenvalue weighted by Gasteiger charge is -2.12. The van der Waals surface area contributed by atoms with E-state index in [0.717, 1.165) is 0 Å². The number of carbonyl (C=O) groups is 1. The summed E-state index contributed by atoms with van der Waals surface area (Å²) < 4.78 is 23.3. The molecule has 0 amide bonds. The molecular formula is C15H14FNO3. The number of nitrogens with two attached hydrogens (primary N) is 1. The SMILES string of the molecule is COC(=O)c1cccc(Oc2ccc(F)cc2C)c1N. The van der Waals surface area contributed by atoms with Gasteiger partial charge in [-0.05, 0) is 42.8 Å². The number of halogens is 1. The molecule has 0 aliphatic heterocycles. The van der Waals surface area contributed by atoms with Crippen molar-refractivity contribution in [1.82, 2.24) is 0 Å². The van der Waals surface area contributed by atoms with E-state index in [9.17, 15) is 9.18 Å². The fraction of sp³-hybridized carbons (Fsp3) is 0.133. The van der Waals surface area contributed by atoms with Crippen molar-refractivity contribution in [2.24, 2.45) is 0 Å². The predicted molar refractivity (Wildman–Crippen MR) is 73.4 cm³/mol. The van der Waals surface area contributed by atoms with Gasteiger partial charge in [0.15, 0.2) is 5.75 Å². The minimum absolute atomic E-state index is 0.183. The molecular weight excluding hydrogens is 261 g/mol. The van der Waals surface area contributed by atoms with Crippen LogP contribution in [0.2, 0.25) is 0 Å². The van der Waals surface area contributed by atoms with Crippen molar-refractivity contribution < 1.29 is 18.7 Å². The first-order valence-corrected chi connectivity index (χ1v) is 5.93. The Balaban J connectivity index is 2.37. The number of ether oxygens (including phenoxy) is 2. The highest BCUT2D eigenvalue weighted by molar-refractivity contribution is 5.96. The Hall–Kier alpha value is -2.56. The van der Waals surface area contributed by atoms with Crippen LogP contribution in [0.4, 0.5) is 10.1 Å². The van der Waals surface area contributed by atoms with E-state index in [2.05, 4.69) is 4.74 Å². The first-order chi connectivity index (χ1) is 9.52. The molecule has 0 saturated heterocycles. The third-order valence-corrected chi connectivity index (χ3v) is 2.83. The molecule has 2 N–H and O–H groups in total. The van der Waals surface area contributed by atoms with E-state index in [0.29, 0.717) is 17.1 Å². The Kier molecular flexibility index (Phi) is 3.89. The van der Waals surface area contributed by atoms with Gasteiger partial charge in [-0.25, -0.2) is 9.18 Å². The van der Waals surface area contributed by atoms with Crippen molar-refractivity contribution >= 4 is 11.7 Å². The van der Waals surface area contributed by atoms with Crippen molar-refractivity contribution in [3.8, 4) is 11.5 Å². The Labute approximate surface area is 115 Å². The van der Waals surface area contributed by atoms with Gasteiger partial charge in [0.05, 0.1) is 18.4 Å². The molecule has 20 heavy (non-hydrogen) atoms. The Morgan fingerprint density at radius 3 is 2.60 bits per heavy atom. The van der Waals surface area contributed by atoms with Crippen molar-refractivity contribution in [2.75, 3.05) is 12.8 Å². The number of carbonyl (C=O) groups excluding carboxylic acids is 1. The fourth-order valence-electron chi connectivity index (χ4n) is 1.77. The van der Waals surface area contributed by atoms with Crippen LogP contribution in [-0.4, -0.2) is 13.1 Å². The van der Waals surface area contributed by atoms with E-state index < -0.39 is 5.97 Å². The quantitative estimate of drug-likeness (QED) is 0.689. The molecule has 0 fully saturated rings. The van der Waals surface area contributed by atoms with Gasteiger partial charge in [-0.3, -0.25) is 0 Å². The topological polar surface area (TPSA) is 61.5 Å². The number of para-hydroxylation sites is 1. The molecule has 0 unspecified atom stereocenters. The molecule has 104 valence electrons. The smallest absolute Gasteiger partial charge is 0.340 e. The third-order valence-electron chi connectivity index (χ3n) is 2.83. The van der Waals surface area contributed by atoms with Crippen LogP contribution in [0.15, 0.2) is 36.4 Å². The average Bonchev–Trinajstić information content (AvgIpc) is 2.43. The van der Waals surface area contributed by atoms with E-state index in [1.807, 2.05) is 0 Å². The highest BCUT2D eigenvalue weighted by Crippen LogP contribution is 2.32. The summed E-state index contributed by atoms with van der Waals surface area (Å²) in [6.07, 6.45) is 0. The molecule has 0 saturated carbocycles. The lowest BCUT2D eigenvalue weighted by atomic mass is 10.1. The average molecular weight is 275 g/mol. The lowest BCUT2D eigenvalue weighted by Crippen LogP contribution is -2.06. The number of methoxy groups -OCH3 is 1. The summed E-state index contributed by atoms with van der Waals surface area (Å²) in [5.41, 5.74) is 6.93. The summed E-state index contributed by atoms with van der Waals surface area (Å²) in [5.74, 6) is -0.0855. The van der Waals surface area contributed by atoms with Gasteiger partial charge in [-0.1, -0.05) is 6.07 Å². The maximum absolute atomic E-state index is 13.0. The minimum Gasteiger partial charge on any atom is -0.465 e. The van der Waals surface area contributed by atoms with Crippen molar-refractivity contribution in [2.45, 2.75) is 6.92 Å². The number of esters is 1. The van der Waals surface area contributed by atoms with Gasteiger partial charge in [-0.2, -0.15) is 0 Å². The molecule has 0 radical (unpaired) electrons. The van der Waals surface area contributed by atoms with Crippen molar-refractivity contribution in [3.63, 3.8) is 0 Å². The normalized spacial score (nSPS) is 10.2. The maximum atomic E-state index is 13.0. The van der Waals surface area contributed by atoms with E-state index in [-0.39, 0.29) is 17.1 Å². The zero-order valence-electron chi connectivity index (χ0n) is 11.1. The van der Waals surface area contributed by atoms with Crippen LogP contribution in [0.1, 0.15) is 15.9 Å². The van der Waals surface area contributed by atoms with E-state index in [1.54, 1.807) is 25.1 Å². The summed E-state index contributed by atoms with van der Waals surface area (Å²) in [6, 6.07) is 8.97. The molecule has 2 aromatic rings. The predicted octanol–water partition coefficient (Wildman–Crippen LogP) is 3.30. The number of hydrogen-bond acceptors (Lipinski definition) is 4. The van der Waals surface area contributed by atoms with Gasteiger partial charge in [0.1, 0.15) is 11.6 Å². The van der Waals surface area contributed by atoms with Gasteiger partial charge in [0.25, 0.3) is 0 Å². The second-order valence-electron chi connectivity index (χ2n) is 4.22. The molecule has 2 rings (SSSR count). The van der Waals surface area contributed by atoms with Crippen LogP contribution in [0.3, 0.4) is 0 Å². The standard InChI is InChI=1S/C15H14FNO3/c1-9-8-10(16)6-7-12(9)20-13-5-3-4-11(14(13)17)15(18)19-2/h3-8H,17H2,1-2H3. The monoisotopic (exact) mass is 275 g/mol. The van der Waals surface area contributed by atoms with Crippen LogP contribution < -0.4 is 10.5 Å². The zero-order chi connectivity index (χ0) is 14.7. The Morgan fingerprint density at radius 1 is 1.20 bits per heavy atom. The van der Waals surface area contributed by atoms with Crippen molar-refractivity contribution in [1.29, 1.82) is 0 Å². The van der Waals surface area contributed by atoms with Crippen LogP contribution in [0, 0.1) is 12.7 Å². The van der Waals surface area contributed by atoms with Crippen LogP contribution in [-0.2, 0) is 4.74 Å². The minimum atomic E-state index is -0.538. The van der Waals surface area contributed by atoms with Gasteiger partial charge < -0.3 is 15.2 Å². The van der Waals surface area contributed by atoms with E-state index in [4.69, 9.17) is 10.5 Å². The molecule has 5 heteroatoms. The number of aryl methyl sites for hydroxylation is 1. The van der Waals surface area contributed by atoms with Crippen LogP contribution >= 0.6 is 0 Å². The number of anilines is 1. The first kappa shape index (κ1) is 13.9. The largest absolute Gasteiger partial charge is 0.465 e. The number of rotatable bonds is 3. The lowest BCUT2D eigenvalue weighted by molar-refractivity contribution is 0.0601. The van der Waals surface area contributed by atoms with Gasteiger partial charge >= 0.3 is 5.97 Å². The molecule has 0 atom stereocenters. The summed E-state index contributed by atoms with van der Waals surface area (Å²) in [6.45, 7) is 1.72. The summed E-state index contributed by atoms with van der Waals surface area (Å²) >= 11 is 0. The third kappa shape index (κ3) is 2.71. The first-order valence-electron chi connectivity index (χ1n) is 5.93. The van der Waals surface area contributed by atoms with Gasteiger partial charge in [0.2, 0.25) is 0 Å². The summed E-state index contributed by atoms with van der Waals surface area (Å²) in [5, 5.41) is 0. The van der Waals surface area contributed by atoms with Gasteiger partial charge in [0, 0.05) is 0 Å². The van der Waals surface area contributed by atoms with Crippen LogP contribution in [0.5, 0.6) is 11.5 Å².